The molecule has 3 N–H and O–H groups in total. The first kappa shape index (κ1) is 8.59. The number of carbonyl (C=O) groups is 1. The summed E-state index contributed by atoms with van der Waals surface area (Å²) in [4.78, 5) is 10.0. The molecule has 0 unspecified atom stereocenters. The Bertz CT molecular complexity index is 284. The topological polar surface area (TPSA) is 63.3 Å². The molecule has 64 valence electrons. The number of hydrogen-bond donors (Lipinski definition) is 2. The van der Waals surface area contributed by atoms with Gasteiger partial charge < -0.3 is 15.6 Å². The number of phenols is 1. The van der Waals surface area contributed by atoms with Gasteiger partial charge in [-0.2, -0.15) is 0 Å². The lowest BCUT2D eigenvalue weighted by Gasteiger charge is -2.01. The van der Waals surface area contributed by atoms with Crippen LogP contribution in [0.25, 0.3) is 0 Å². The van der Waals surface area contributed by atoms with Crippen molar-refractivity contribution in [2.24, 2.45) is 0 Å². The number of aldehydes is 1. The second-order valence-corrected chi connectivity index (χ2v) is 2.60. The van der Waals surface area contributed by atoms with Crippen molar-refractivity contribution in [3.8, 4) is 5.75 Å². The summed E-state index contributed by atoms with van der Waals surface area (Å²) >= 11 is 0. The van der Waals surface area contributed by atoms with Gasteiger partial charge in [0.25, 0.3) is 0 Å². The second kappa shape index (κ2) is 3.76. The smallest absolute Gasteiger partial charge is 0.138 e. The molecule has 3 nitrogen and oxygen atoms in total. The highest BCUT2D eigenvalue weighted by molar-refractivity contribution is 5.55. The minimum atomic E-state index is 0.0878. The Labute approximate surface area is 70.8 Å². The summed E-state index contributed by atoms with van der Waals surface area (Å²) in [5.74, 6) is 0.0878. The second-order valence-electron chi connectivity index (χ2n) is 2.60. The van der Waals surface area contributed by atoms with Crippen molar-refractivity contribution in [3.05, 3.63) is 23.8 Å². The summed E-state index contributed by atoms with van der Waals surface area (Å²) in [7, 11) is 0. The monoisotopic (exact) mass is 165 g/mol. The van der Waals surface area contributed by atoms with Gasteiger partial charge in [0.05, 0.1) is 5.69 Å². The molecule has 0 radical (unpaired) electrons. The van der Waals surface area contributed by atoms with E-state index < -0.39 is 0 Å². The maximum absolute atomic E-state index is 10.0. The van der Waals surface area contributed by atoms with Gasteiger partial charge in [-0.15, -0.1) is 0 Å². The summed E-state index contributed by atoms with van der Waals surface area (Å²) in [6, 6.07) is 4.98. The minimum Gasteiger partial charge on any atom is -0.506 e. The van der Waals surface area contributed by atoms with Gasteiger partial charge in [0.15, 0.2) is 0 Å². The molecule has 0 amide bonds. The number of benzene rings is 1. The van der Waals surface area contributed by atoms with E-state index in [0.29, 0.717) is 18.5 Å². The van der Waals surface area contributed by atoms with Crippen LogP contribution in [0.1, 0.15) is 12.0 Å². The van der Waals surface area contributed by atoms with Crippen LogP contribution in [0.2, 0.25) is 0 Å². The number of anilines is 1. The van der Waals surface area contributed by atoms with Gasteiger partial charge >= 0.3 is 0 Å². The van der Waals surface area contributed by atoms with Crippen LogP contribution in [-0.4, -0.2) is 11.4 Å². The van der Waals surface area contributed by atoms with E-state index in [9.17, 15) is 4.79 Å². The van der Waals surface area contributed by atoms with E-state index in [2.05, 4.69) is 0 Å². The highest BCUT2D eigenvalue weighted by Gasteiger charge is 1.97. The predicted octanol–water partition coefficient (Wildman–Crippen LogP) is 1.11. The molecule has 0 atom stereocenters. The van der Waals surface area contributed by atoms with Crippen LogP contribution in [0.5, 0.6) is 5.75 Å². The van der Waals surface area contributed by atoms with Gasteiger partial charge in [0, 0.05) is 6.42 Å². The first-order chi connectivity index (χ1) is 5.74. The Balaban J connectivity index is 2.75. The van der Waals surface area contributed by atoms with Crippen molar-refractivity contribution >= 4 is 12.0 Å². The van der Waals surface area contributed by atoms with E-state index in [1.54, 1.807) is 12.1 Å². The molecule has 3 heteroatoms. The minimum absolute atomic E-state index is 0.0878. The van der Waals surface area contributed by atoms with Crippen LogP contribution in [0.3, 0.4) is 0 Å². The summed E-state index contributed by atoms with van der Waals surface area (Å²) in [5, 5.41) is 9.07. The van der Waals surface area contributed by atoms with E-state index in [0.717, 1.165) is 11.8 Å². The SMILES string of the molecule is Nc1cc(CCC=O)ccc1O. The normalized spacial score (nSPS) is 9.67. The highest BCUT2D eigenvalue weighted by atomic mass is 16.3. The molecule has 1 aromatic carbocycles. The summed E-state index contributed by atoms with van der Waals surface area (Å²) < 4.78 is 0. The number of hydrogen-bond acceptors (Lipinski definition) is 3. The van der Waals surface area contributed by atoms with Gasteiger partial charge in [0.1, 0.15) is 12.0 Å². The van der Waals surface area contributed by atoms with E-state index >= 15 is 0 Å². The van der Waals surface area contributed by atoms with Crippen molar-refractivity contribution in [2.75, 3.05) is 5.73 Å². The van der Waals surface area contributed by atoms with Crippen LogP contribution in [-0.2, 0) is 11.2 Å². The van der Waals surface area contributed by atoms with Crippen molar-refractivity contribution in [1.82, 2.24) is 0 Å². The van der Waals surface area contributed by atoms with Gasteiger partial charge in [0.2, 0.25) is 0 Å². The molecule has 0 aliphatic rings. The zero-order valence-corrected chi connectivity index (χ0v) is 6.66. The molecule has 1 aromatic rings. The molecule has 0 aromatic heterocycles. The van der Waals surface area contributed by atoms with Crippen molar-refractivity contribution in [1.29, 1.82) is 0 Å². The third-order valence-corrected chi connectivity index (χ3v) is 1.64. The standard InChI is InChI=1S/C9H11NO2/c10-8-6-7(2-1-5-11)3-4-9(8)12/h3-6,12H,1-2,10H2. The van der Waals surface area contributed by atoms with Crippen LogP contribution >= 0.6 is 0 Å². The van der Waals surface area contributed by atoms with E-state index in [1.165, 1.54) is 6.07 Å². The first-order valence-electron chi connectivity index (χ1n) is 3.75. The van der Waals surface area contributed by atoms with Crippen molar-refractivity contribution < 1.29 is 9.90 Å². The van der Waals surface area contributed by atoms with Crippen LogP contribution < -0.4 is 5.73 Å². The number of aryl methyl sites for hydroxylation is 1. The lowest BCUT2D eigenvalue weighted by atomic mass is 10.1. The molecule has 0 saturated carbocycles. The van der Waals surface area contributed by atoms with Gasteiger partial charge in [-0.05, 0) is 24.1 Å². The van der Waals surface area contributed by atoms with Gasteiger partial charge in [-0.3, -0.25) is 0 Å². The number of rotatable bonds is 3. The van der Waals surface area contributed by atoms with E-state index in [-0.39, 0.29) is 5.75 Å². The Hall–Kier alpha value is -1.51. The van der Waals surface area contributed by atoms with Crippen molar-refractivity contribution in [2.45, 2.75) is 12.8 Å². The molecule has 1 rings (SSSR count). The number of aromatic hydroxyl groups is 1. The molecule has 0 saturated heterocycles. The number of nitrogen functional groups attached to an aromatic ring is 1. The van der Waals surface area contributed by atoms with E-state index in [4.69, 9.17) is 10.8 Å². The molecule has 0 spiro atoms. The number of phenolic OH excluding ortho intramolecular Hbond substituents is 1. The zero-order chi connectivity index (χ0) is 8.97. The molecule has 0 aliphatic carbocycles. The summed E-state index contributed by atoms with van der Waals surface area (Å²) in [6.45, 7) is 0. The fraction of sp³-hybridized carbons (Fsp3) is 0.222. The fourth-order valence-corrected chi connectivity index (χ4v) is 0.985. The fourth-order valence-electron chi connectivity index (χ4n) is 0.985. The number of carbonyl (C=O) groups excluding carboxylic acids is 1. The molecule has 0 heterocycles. The van der Waals surface area contributed by atoms with E-state index in [1.807, 2.05) is 0 Å². The van der Waals surface area contributed by atoms with Crippen LogP contribution in [0.15, 0.2) is 18.2 Å². The Kier molecular flexibility index (Phi) is 2.69. The van der Waals surface area contributed by atoms with Gasteiger partial charge in [-0.1, -0.05) is 6.07 Å². The Morgan fingerprint density at radius 3 is 2.83 bits per heavy atom. The Morgan fingerprint density at radius 1 is 1.50 bits per heavy atom. The maximum Gasteiger partial charge on any atom is 0.138 e. The average Bonchev–Trinajstić information content (AvgIpc) is 2.07. The van der Waals surface area contributed by atoms with Crippen LogP contribution in [0.4, 0.5) is 5.69 Å². The lowest BCUT2D eigenvalue weighted by molar-refractivity contribution is -0.107. The first-order valence-corrected chi connectivity index (χ1v) is 3.75. The highest BCUT2D eigenvalue weighted by Crippen LogP contribution is 2.20. The Morgan fingerprint density at radius 2 is 2.25 bits per heavy atom. The molecule has 0 fully saturated rings. The zero-order valence-electron chi connectivity index (χ0n) is 6.66. The largest absolute Gasteiger partial charge is 0.506 e. The quantitative estimate of drug-likeness (QED) is 0.400. The summed E-state index contributed by atoms with van der Waals surface area (Å²) in [5.41, 5.74) is 6.78. The predicted molar refractivity (Wildman–Crippen MR) is 46.9 cm³/mol. The van der Waals surface area contributed by atoms with Crippen LogP contribution in [0, 0.1) is 0 Å². The lowest BCUT2D eigenvalue weighted by Crippen LogP contribution is -1.90. The molecule has 12 heavy (non-hydrogen) atoms. The van der Waals surface area contributed by atoms with Gasteiger partial charge in [-0.25, -0.2) is 0 Å². The maximum atomic E-state index is 10.0. The average molecular weight is 165 g/mol. The molecular formula is C9H11NO2. The third-order valence-electron chi connectivity index (χ3n) is 1.64. The van der Waals surface area contributed by atoms with Crippen molar-refractivity contribution in [3.63, 3.8) is 0 Å². The third kappa shape index (κ3) is 1.99. The molecule has 0 aliphatic heterocycles. The summed E-state index contributed by atoms with van der Waals surface area (Å²) in [6.07, 6.45) is 2.03. The molecule has 0 bridgehead atoms. The molecular weight excluding hydrogens is 154 g/mol. The number of nitrogens with two attached hydrogens (primary N) is 1.